The molecule has 1 saturated heterocycles. The van der Waals surface area contributed by atoms with Crippen LogP contribution in [-0.2, 0) is 13.1 Å². The van der Waals surface area contributed by atoms with E-state index in [9.17, 15) is 0 Å². The number of para-hydroxylation sites is 1. The second kappa shape index (κ2) is 8.76. The highest BCUT2D eigenvalue weighted by Gasteiger charge is 2.25. The number of aromatic amines is 1. The zero-order chi connectivity index (χ0) is 20.2. The van der Waals surface area contributed by atoms with Crippen molar-refractivity contribution in [1.82, 2.24) is 4.98 Å². The van der Waals surface area contributed by atoms with Crippen molar-refractivity contribution in [3.63, 3.8) is 0 Å². The van der Waals surface area contributed by atoms with Gasteiger partial charge in [0.2, 0.25) is 0 Å². The monoisotopic (exact) mass is 397 g/mol. The van der Waals surface area contributed by atoms with Crippen LogP contribution in [-0.4, -0.2) is 52.5 Å². The van der Waals surface area contributed by atoms with E-state index in [1.165, 1.54) is 35.1 Å². The van der Waals surface area contributed by atoms with Crippen LogP contribution in [0.2, 0.25) is 0 Å². The molecule has 0 bridgehead atoms. The van der Waals surface area contributed by atoms with E-state index in [1.54, 1.807) is 31.1 Å². The molecule has 0 aliphatic carbocycles. The van der Waals surface area contributed by atoms with Gasteiger partial charge in [0.05, 0.1) is 26.9 Å². The van der Waals surface area contributed by atoms with Crippen LogP contribution in [0.15, 0.2) is 42.6 Å². The Bertz CT molecular complexity index is 961. The third kappa shape index (κ3) is 4.18. The zero-order valence-electron chi connectivity index (χ0n) is 17.5. The van der Waals surface area contributed by atoms with E-state index in [4.69, 9.17) is 14.2 Å². The molecular formula is C23H31N3O3+2. The second-order valence-corrected chi connectivity index (χ2v) is 7.73. The van der Waals surface area contributed by atoms with Crippen LogP contribution in [0, 0.1) is 0 Å². The van der Waals surface area contributed by atoms with Crippen LogP contribution in [0.3, 0.4) is 0 Å². The average Bonchev–Trinajstić information content (AvgIpc) is 3.17. The van der Waals surface area contributed by atoms with Gasteiger partial charge in [0.1, 0.15) is 45.0 Å². The van der Waals surface area contributed by atoms with Crippen LogP contribution in [0.5, 0.6) is 17.2 Å². The van der Waals surface area contributed by atoms with Gasteiger partial charge in [-0.2, -0.15) is 0 Å². The number of fused-ring (bicyclic) bond motifs is 1. The SMILES string of the molecule is COc1cc(OC)c(OC)cc1C[NH+]1CC[NH+](Cc2c[nH]c3ccccc23)CC1. The van der Waals surface area contributed by atoms with E-state index in [-0.39, 0.29) is 0 Å². The molecule has 1 aliphatic heterocycles. The van der Waals surface area contributed by atoms with Gasteiger partial charge in [-0.3, -0.25) is 0 Å². The highest BCUT2D eigenvalue weighted by atomic mass is 16.5. The number of aromatic nitrogens is 1. The fourth-order valence-electron chi connectivity index (χ4n) is 4.36. The first-order valence-corrected chi connectivity index (χ1v) is 10.2. The first kappa shape index (κ1) is 19.6. The molecule has 29 heavy (non-hydrogen) atoms. The molecule has 3 aromatic rings. The number of H-pyrrole nitrogens is 1. The Labute approximate surface area is 172 Å². The first-order chi connectivity index (χ1) is 14.2. The van der Waals surface area contributed by atoms with Crippen LogP contribution >= 0.6 is 0 Å². The summed E-state index contributed by atoms with van der Waals surface area (Å²) in [7, 11) is 5.04. The van der Waals surface area contributed by atoms with Crippen molar-refractivity contribution in [2.75, 3.05) is 47.5 Å². The third-order valence-electron chi connectivity index (χ3n) is 6.01. The molecule has 6 heteroatoms. The average molecular weight is 398 g/mol. The molecule has 6 nitrogen and oxygen atoms in total. The summed E-state index contributed by atoms with van der Waals surface area (Å²) >= 11 is 0. The molecule has 4 rings (SSSR count). The maximum Gasteiger partial charge on any atom is 0.164 e. The Hall–Kier alpha value is -2.70. The van der Waals surface area contributed by atoms with E-state index >= 15 is 0 Å². The normalized spacial score (nSPS) is 19.3. The lowest BCUT2D eigenvalue weighted by molar-refractivity contribution is -1.02. The summed E-state index contributed by atoms with van der Waals surface area (Å²) in [4.78, 5) is 6.63. The number of rotatable bonds is 7. The van der Waals surface area contributed by atoms with Gasteiger partial charge in [0.25, 0.3) is 0 Å². The Balaban J connectivity index is 1.39. The van der Waals surface area contributed by atoms with Crippen LogP contribution in [0.4, 0.5) is 0 Å². The minimum atomic E-state index is 0.705. The van der Waals surface area contributed by atoms with E-state index in [1.807, 2.05) is 6.07 Å². The van der Waals surface area contributed by atoms with Crippen molar-refractivity contribution in [2.45, 2.75) is 13.1 Å². The Kier molecular flexibility index (Phi) is 5.92. The smallest absolute Gasteiger partial charge is 0.164 e. The molecule has 0 spiro atoms. The van der Waals surface area contributed by atoms with Gasteiger partial charge >= 0.3 is 0 Å². The lowest BCUT2D eigenvalue weighted by Crippen LogP contribution is -3.27. The molecule has 1 aromatic heterocycles. The predicted molar refractivity (Wildman–Crippen MR) is 113 cm³/mol. The molecule has 0 atom stereocenters. The lowest BCUT2D eigenvalue weighted by Gasteiger charge is -2.30. The number of piperazine rings is 1. The molecule has 2 aromatic carbocycles. The number of hydrogen-bond acceptors (Lipinski definition) is 3. The summed E-state index contributed by atoms with van der Waals surface area (Å²) in [5.74, 6) is 2.33. The Morgan fingerprint density at radius 3 is 2.00 bits per heavy atom. The second-order valence-electron chi connectivity index (χ2n) is 7.73. The van der Waals surface area contributed by atoms with Gasteiger partial charge in [-0.15, -0.1) is 0 Å². The van der Waals surface area contributed by atoms with E-state index in [2.05, 4.69) is 41.5 Å². The number of quaternary nitrogens is 2. The number of nitrogens with one attached hydrogen (secondary N) is 3. The standard InChI is InChI=1S/C23H29N3O3/c1-27-21-13-23(29-3)22(28-2)12-17(21)15-25-8-10-26(11-9-25)16-18-14-24-20-7-5-4-6-19(18)20/h4-7,12-14,24H,8-11,15-16H2,1-3H3/p+2. The largest absolute Gasteiger partial charge is 0.496 e. The molecule has 1 aliphatic rings. The van der Waals surface area contributed by atoms with Crippen molar-refractivity contribution in [3.05, 3.63) is 53.7 Å². The van der Waals surface area contributed by atoms with Gasteiger partial charge in [-0.1, -0.05) is 18.2 Å². The summed E-state index contributed by atoms with van der Waals surface area (Å²) in [5.41, 5.74) is 3.81. The van der Waals surface area contributed by atoms with Gasteiger partial charge < -0.3 is 29.0 Å². The summed E-state index contributed by atoms with van der Waals surface area (Å²) in [6, 6.07) is 12.5. The molecule has 2 heterocycles. The van der Waals surface area contributed by atoms with Crippen LogP contribution in [0.1, 0.15) is 11.1 Å². The molecule has 1 fully saturated rings. The van der Waals surface area contributed by atoms with E-state index in [0.717, 1.165) is 37.7 Å². The zero-order valence-corrected chi connectivity index (χ0v) is 17.5. The van der Waals surface area contributed by atoms with Crippen molar-refractivity contribution in [1.29, 1.82) is 0 Å². The fraction of sp³-hybridized carbons (Fsp3) is 0.391. The molecule has 154 valence electrons. The third-order valence-corrected chi connectivity index (χ3v) is 6.01. The summed E-state index contributed by atoms with van der Waals surface area (Å²) in [6.07, 6.45) is 2.17. The minimum absolute atomic E-state index is 0.705. The molecular weight excluding hydrogens is 366 g/mol. The van der Waals surface area contributed by atoms with Crippen molar-refractivity contribution < 1.29 is 24.0 Å². The van der Waals surface area contributed by atoms with Gasteiger partial charge in [0.15, 0.2) is 11.5 Å². The minimum Gasteiger partial charge on any atom is -0.496 e. The summed E-state index contributed by atoms with van der Waals surface area (Å²) in [5, 5.41) is 1.35. The molecule has 0 amide bonds. The van der Waals surface area contributed by atoms with E-state index in [0.29, 0.717) is 5.75 Å². The highest BCUT2D eigenvalue weighted by molar-refractivity contribution is 5.82. The number of methoxy groups -OCH3 is 3. The van der Waals surface area contributed by atoms with Crippen LogP contribution < -0.4 is 24.0 Å². The van der Waals surface area contributed by atoms with E-state index < -0.39 is 0 Å². The Morgan fingerprint density at radius 2 is 1.34 bits per heavy atom. The Morgan fingerprint density at radius 1 is 0.759 bits per heavy atom. The molecule has 0 unspecified atom stereocenters. The molecule has 0 saturated carbocycles. The number of ether oxygens (including phenoxy) is 3. The summed E-state index contributed by atoms with van der Waals surface area (Å²) in [6.45, 7) is 6.65. The maximum absolute atomic E-state index is 5.60. The van der Waals surface area contributed by atoms with Crippen molar-refractivity contribution in [3.8, 4) is 17.2 Å². The highest BCUT2D eigenvalue weighted by Crippen LogP contribution is 2.34. The maximum atomic E-state index is 5.60. The molecule has 3 N–H and O–H groups in total. The lowest BCUT2D eigenvalue weighted by atomic mass is 10.1. The molecule has 0 radical (unpaired) electrons. The topological polar surface area (TPSA) is 52.4 Å². The first-order valence-electron chi connectivity index (χ1n) is 10.2. The van der Waals surface area contributed by atoms with Gasteiger partial charge in [-0.25, -0.2) is 0 Å². The van der Waals surface area contributed by atoms with Gasteiger partial charge in [-0.05, 0) is 12.1 Å². The van der Waals surface area contributed by atoms with Gasteiger partial charge in [0, 0.05) is 28.7 Å². The van der Waals surface area contributed by atoms with Crippen molar-refractivity contribution >= 4 is 10.9 Å². The summed E-state index contributed by atoms with van der Waals surface area (Å²) < 4.78 is 16.5. The number of benzene rings is 2. The van der Waals surface area contributed by atoms with Crippen molar-refractivity contribution in [2.24, 2.45) is 0 Å². The van der Waals surface area contributed by atoms with Crippen LogP contribution in [0.25, 0.3) is 10.9 Å². The quantitative estimate of drug-likeness (QED) is 0.550. The fourth-order valence-corrected chi connectivity index (χ4v) is 4.36. The predicted octanol–water partition coefficient (Wildman–Crippen LogP) is 0.677. The number of hydrogen-bond donors (Lipinski definition) is 3.